The van der Waals surface area contributed by atoms with Gasteiger partial charge in [-0.2, -0.15) is 0 Å². The second kappa shape index (κ2) is 5.92. The lowest BCUT2D eigenvalue weighted by molar-refractivity contribution is 0.414. The summed E-state index contributed by atoms with van der Waals surface area (Å²) in [5.74, 6) is 0.801. The molecule has 0 heterocycles. The molecular formula is C13H18ClNO. The summed E-state index contributed by atoms with van der Waals surface area (Å²) in [5.41, 5.74) is 2.15. The van der Waals surface area contributed by atoms with Crippen LogP contribution in [0.2, 0.25) is 5.02 Å². The van der Waals surface area contributed by atoms with Gasteiger partial charge in [-0.15, -0.1) is 0 Å². The van der Waals surface area contributed by atoms with E-state index in [1.165, 1.54) is 5.57 Å². The van der Waals surface area contributed by atoms with Crippen LogP contribution in [-0.2, 0) is 0 Å². The first-order valence-electron chi connectivity index (χ1n) is 5.28. The molecule has 88 valence electrons. The quantitative estimate of drug-likeness (QED) is 0.870. The topological polar surface area (TPSA) is 21.3 Å². The van der Waals surface area contributed by atoms with Crippen LogP contribution in [-0.4, -0.2) is 20.2 Å². The molecule has 0 saturated heterocycles. The molecule has 1 rings (SSSR count). The second-order valence-electron chi connectivity index (χ2n) is 3.75. The minimum absolute atomic E-state index is 0.320. The molecule has 1 aromatic rings. The molecule has 1 N–H and O–H groups in total. The molecule has 16 heavy (non-hydrogen) atoms. The largest absolute Gasteiger partial charge is 0.496 e. The van der Waals surface area contributed by atoms with Gasteiger partial charge in [0.15, 0.2) is 0 Å². The van der Waals surface area contributed by atoms with Gasteiger partial charge in [-0.25, -0.2) is 0 Å². The average molecular weight is 240 g/mol. The molecule has 0 fully saturated rings. The Morgan fingerprint density at radius 1 is 1.50 bits per heavy atom. The number of rotatable bonds is 4. The summed E-state index contributed by atoms with van der Waals surface area (Å²) >= 11 is 6.16. The van der Waals surface area contributed by atoms with Gasteiger partial charge in [0.05, 0.1) is 12.1 Å². The van der Waals surface area contributed by atoms with Crippen LogP contribution >= 0.6 is 11.6 Å². The predicted molar refractivity (Wildman–Crippen MR) is 70.2 cm³/mol. The van der Waals surface area contributed by atoms with Gasteiger partial charge in [0, 0.05) is 11.6 Å². The van der Waals surface area contributed by atoms with E-state index in [1.807, 2.05) is 25.2 Å². The van der Waals surface area contributed by atoms with Crippen molar-refractivity contribution in [1.82, 2.24) is 5.32 Å². The number of methoxy groups -OCH3 is 1. The standard InChI is InChI=1S/C13H18ClNO/c1-9(10(2)15-3)8-11-12(14)6-5-7-13(11)16-4/h5-8,10,15H,1-4H3/b9-8+. The Kier molecular flexibility index (Phi) is 4.84. The minimum Gasteiger partial charge on any atom is -0.496 e. The van der Waals surface area contributed by atoms with Crippen molar-refractivity contribution in [2.45, 2.75) is 19.9 Å². The van der Waals surface area contributed by atoms with Crippen molar-refractivity contribution in [3.8, 4) is 5.75 Å². The molecule has 0 aliphatic carbocycles. The molecule has 0 aliphatic heterocycles. The zero-order valence-corrected chi connectivity index (χ0v) is 10.9. The van der Waals surface area contributed by atoms with E-state index in [4.69, 9.17) is 16.3 Å². The van der Waals surface area contributed by atoms with E-state index >= 15 is 0 Å². The van der Waals surface area contributed by atoms with E-state index < -0.39 is 0 Å². The van der Waals surface area contributed by atoms with Crippen LogP contribution in [0.5, 0.6) is 5.75 Å². The van der Waals surface area contributed by atoms with Crippen LogP contribution < -0.4 is 10.1 Å². The van der Waals surface area contributed by atoms with Gasteiger partial charge < -0.3 is 10.1 Å². The maximum Gasteiger partial charge on any atom is 0.127 e. The summed E-state index contributed by atoms with van der Waals surface area (Å²) < 4.78 is 5.29. The third kappa shape index (κ3) is 3.00. The van der Waals surface area contributed by atoms with Crippen LogP contribution in [0, 0.1) is 0 Å². The lowest BCUT2D eigenvalue weighted by Gasteiger charge is -2.13. The second-order valence-corrected chi connectivity index (χ2v) is 4.16. The van der Waals surface area contributed by atoms with E-state index in [-0.39, 0.29) is 0 Å². The Hall–Kier alpha value is -0.990. The number of hydrogen-bond acceptors (Lipinski definition) is 2. The number of nitrogens with one attached hydrogen (secondary N) is 1. The Morgan fingerprint density at radius 2 is 2.19 bits per heavy atom. The van der Waals surface area contributed by atoms with Crippen LogP contribution in [0.4, 0.5) is 0 Å². The highest BCUT2D eigenvalue weighted by Gasteiger charge is 2.07. The SMILES string of the molecule is CNC(C)/C(C)=C/c1c(Cl)cccc1OC. The highest BCUT2D eigenvalue weighted by atomic mass is 35.5. The van der Waals surface area contributed by atoms with E-state index in [1.54, 1.807) is 7.11 Å². The zero-order valence-electron chi connectivity index (χ0n) is 10.2. The van der Waals surface area contributed by atoms with Gasteiger partial charge in [-0.1, -0.05) is 23.2 Å². The van der Waals surface area contributed by atoms with Crippen molar-refractivity contribution < 1.29 is 4.74 Å². The highest BCUT2D eigenvalue weighted by Crippen LogP contribution is 2.28. The molecule has 0 aromatic heterocycles. The van der Waals surface area contributed by atoms with Gasteiger partial charge in [0.1, 0.15) is 5.75 Å². The molecule has 0 spiro atoms. The summed E-state index contributed by atoms with van der Waals surface area (Å²) in [7, 11) is 3.59. The Bertz CT molecular complexity index is 388. The summed E-state index contributed by atoms with van der Waals surface area (Å²) in [5, 5.41) is 3.90. The highest BCUT2D eigenvalue weighted by molar-refractivity contribution is 6.32. The summed E-state index contributed by atoms with van der Waals surface area (Å²) in [4.78, 5) is 0. The number of benzene rings is 1. The average Bonchev–Trinajstić information content (AvgIpc) is 2.30. The summed E-state index contributed by atoms with van der Waals surface area (Å²) in [6.07, 6.45) is 2.06. The van der Waals surface area contributed by atoms with Gasteiger partial charge in [0.2, 0.25) is 0 Å². The first-order valence-corrected chi connectivity index (χ1v) is 5.66. The maximum absolute atomic E-state index is 6.16. The van der Waals surface area contributed by atoms with E-state index in [0.717, 1.165) is 11.3 Å². The molecule has 0 radical (unpaired) electrons. The Morgan fingerprint density at radius 3 is 2.75 bits per heavy atom. The van der Waals surface area contributed by atoms with E-state index in [0.29, 0.717) is 11.1 Å². The molecule has 3 heteroatoms. The van der Waals surface area contributed by atoms with Crippen LogP contribution in [0.1, 0.15) is 19.4 Å². The Balaban J connectivity index is 3.13. The van der Waals surface area contributed by atoms with Crippen molar-refractivity contribution in [2.75, 3.05) is 14.2 Å². The summed E-state index contributed by atoms with van der Waals surface area (Å²) in [6, 6.07) is 5.98. The van der Waals surface area contributed by atoms with Gasteiger partial charge in [0.25, 0.3) is 0 Å². The Labute approximate surface area is 102 Å². The van der Waals surface area contributed by atoms with Crippen molar-refractivity contribution >= 4 is 17.7 Å². The number of likely N-dealkylation sites (N-methyl/N-ethyl adjacent to an activating group) is 1. The molecule has 1 unspecified atom stereocenters. The monoisotopic (exact) mass is 239 g/mol. The molecule has 0 saturated carbocycles. The van der Waals surface area contributed by atoms with E-state index in [9.17, 15) is 0 Å². The van der Waals surface area contributed by atoms with Crippen LogP contribution in [0.25, 0.3) is 6.08 Å². The third-order valence-electron chi connectivity index (χ3n) is 2.72. The lowest BCUT2D eigenvalue weighted by atomic mass is 10.1. The van der Waals surface area contributed by atoms with Crippen LogP contribution in [0.15, 0.2) is 23.8 Å². The fourth-order valence-electron chi connectivity index (χ4n) is 1.42. The molecule has 0 bridgehead atoms. The first kappa shape index (κ1) is 13.1. The molecule has 2 nitrogen and oxygen atoms in total. The molecule has 1 aromatic carbocycles. The van der Waals surface area contributed by atoms with Crippen LogP contribution in [0.3, 0.4) is 0 Å². The smallest absolute Gasteiger partial charge is 0.127 e. The molecule has 0 aliphatic rings. The molecule has 0 amide bonds. The van der Waals surface area contributed by atoms with Gasteiger partial charge in [-0.05, 0) is 39.1 Å². The van der Waals surface area contributed by atoms with Crippen molar-refractivity contribution in [3.63, 3.8) is 0 Å². The molecule has 1 atom stereocenters. The predicted octanol–water partition coefficient (Wildman–Crippen LogP) is 3.36. The fourth-order valence-corrected chi connectivity index (χ4v) is 1.64. The number of halogens is 1. The third-order valence-corrected chi connectivity index (χ3v) is 3.05. The summed E-state index contributed by atoms with van der Waals surface area (Å²) in [6.45, 7) is 4.18. The molecular weight excluding hydrogens is 222 g/mol. The first-order chi connectivity index (χ1) is 7.60. The van der Waals surface area contributed by atoms with Crippen molar-refractivity contribution in [3.05, 3.63) is 34.4 Å². The lowest BCUT2D eigenvalue weighted by Crippen LogP contribution is -2.22. The van der Waals surface area contributed by atoms with Gasteiger partial charge in [-0.3, -0.25) is 0 Å². The maximum atomic E-state index is 6.16. The minimum atomic E-state index is 0.320. The number of hydrogen-bond donors (Lipinski definition) is 1. The number of ether oxygens (including phenoxy) is 1. The normalized spacial score (nSPS) is 13.7. The van der Waals surface area contributed by atoms with Crippen molar-refractivity contribution in [2.24, 2.45) is 0 Å². The van der Waals surface area contributed by atoms with Crippen molar-refractivity contribution in [1.29, 1.82) is 0 Å². The van der Waals surface area contributed by atoms with Gasteiger partial charge >= 0.3 is 0 Å². The van der Waals surface area contributed by atoms with E-state index in [2.05, 4.69) is 25.2 Å². The zero-order chi connectivity index (χ0) is 12.1. The fraction of sp³-hybridized carbons (Fsp3) is 0.385.